The summed E-state index contributed by atoms with van der Waals surface area (Å²) >= 11 is 3.45. The van der Waals surface area contributed by atoms with Crippen LogP contribution in [0.3, 0.4) is 0 Å². The molecule has 1 aliphatic rings. The number of likely N-dealkylation sites (tertiary alicyclic amines) is 1. The molecular weight excluding hydrogens is 460 g/mol. The van der Waals surface area contributed by atoms with Gasteiger partial charge >= 0.3 is 0 Å². The Bertz CT molecular complexity index is 881. The standard InChI is InChI=1S/C24H29BrN2O4/c1-2-30-21-10-5-3-8-19(21)24(29)27-15-13-18(14-16-27)26-23(28)12-7-17-31-22-11-6-4-9-20(22)25/h3-6,8-11,18H,2,7,12-17H2,1H3,(H,26,28). The van der Waals surface area contributed by atoms with E-state index in [-0.39, 0.29) is 17.9 Å². The number of rotatable bonds is 9. The number of hydrogen-bond donors (Lipinski definition) is 1. The molecule has 2 aromatic rings. The minimum atomic E-state index is -0.0157. The SMILES string of the molecule is CCOc1ccccc1C(=O)N1CCC(NC(=O)CCCOc2ccccc2Br)CC1. The molecule has 0 saturated carbocycles. The van der Waals surface area contributed by atoms with Crippen LogP contribution in [-0.4, -0.2) is 49.1 Å². The first-order valence-corrected chi connectivity index (χ1v) is 11.6. The first kappa shape index (κ1) is 23.1. The van der Waals surface area contributed by atoms with Gasteiger partial charge in [-0.05, 0) is 66.4 Å². The third kappa shape index (κ3) is 6.72. The van der Waals surface area contributed by atoms with Crippen LogP contribution in [0.25, 0.3) is 0 Å². The topological polar surface area (TPSA) is 67.9 Å². The number of benzene rings is 2. The molecule has 0 atom stereocenters. The van der Waals surface area contributed by atoms with Gasteiger partial charge in [-0.25, -0.2) is 0 Å². The zero-order valence-corrected chi connectivity index (χ0v) is 19.4. The van der Waals surface area contributed by atoms with Crippen LogP contribution in [0, 0.1) is 0 Å². The number of carbonyl (C=O) groups excluding carboxylic acids is 2. The maximum absolute atomic E-state index is 12.9. The number of nitrogens with zero attached hydrogens (tertiary/aromatic N) is 1. The molecule has 0 bridgehead atoms. The maximum Gasteiger partial charge on any atom is 0.257 e. The van der Waals surface area contributed by atoms with Gasteiger partial charge in [0.1, 0.15) is 11.5 Å². The van der Waals surface area contributed by atoms with Crippen molar-refractivity contribution in [2.24, 2.45) is 0 Å². The second-order valence-corrected chi connectivity index (χ2v) is 8.30. The van der Waals surface area contributed by atoms with Gasteiger partial charge in [0.2, 0.25) is 5.91 Å². The van der Waals surface area contributed by atoms with E-state index in [2.05, 4.69) is 21.2 Å². The molecule has 0 radical (unpaired) electrons. The van der Waals surface area contributed by atoms with Crippen molar-refractivity contribution in [1.29, 1.82) is 0 Å². The smallest absolute Gasteiger partial charge is 0.257 e. The number of para-hydroxylation sites is 2. The van der Waals surface area contributed by atoms with E-state index >= 15 is 0 Å². The Labute approximate surface area is 192 Å². The number of carbonyl (C=O) groups is 2. The first-order valence-electron chi connectivity index (χ1n) is 10.8. The molecule has 3 rings (SSSR count). The van der Waals surface area contributed by atoms with Crippen LogP contribution >= 0.6 is 15.9 Å². The summed E-state index contributed by atoms with van der Waals surface area (Å²) in [5.74, 6) is 1.42. The fraction of sp³-hybridized carbons (Fsp3) is 0.417. The molecule has 2 aromatic carbocycles. The molecule has 1 heterocycles. The molecule has 0 spiro atoms. The zero-order valence-electron chi connectivity index (χ0n) is 17.8. The summed E-state index contributed by atoms with van der Waals surface area (Å²) in [5.41, 5.74) is 0.594. The number of piperidine rings is 1. The molecule has 1 N–H and O–H groups in total. The number of ether oxygens (including phenoxy) is 2. The summed E-state index contributed by atoms with van der Waals surface area (Å²) < 4.78 is 12.2. The van der Waals surface area contributed by atoms with Crippen LogP contribution in [0.1, 0.15) is 43.0 Å². The largest absolute Gasteiger partial charge is 0.493 e. The van der Waals surface area contributed by atoms with Gasteiger partial charge in [0.05, 0.1) is 23.2 Å². The Morgan fingerprint density at radius 2 is 1.71 bits per heavy atom. The quantitative estimate of drug-likeness (QED) is 0.530. The van der Waals surface area contributed by atoms with E-state index in [1.54, 1.807) is 6.07 Å². The molecule has 1 saturated heterocycles. The normalized spacial score (nSPS) is 14.2. The van der Waals surface area contributed by atoms with Crippen LogP contribution < -0.4 is 14.8 Å². The summed E-state index contributed by atoms with van der Waals surface area (Å²) in [4.78, 5) is 27.0. The van der Waals surface area contributed by atoms with Gasteiger partial charge in [0.25, 0.3) is 5.91 Å². The Balaban J connectivity index is 1.38. The fourth-order valence-corrected chi connectivity index (χ4v) is 4.00. The highest BCUT2D eigenvalue weighted by molar-refractivity contribution is 9.10. The van der Waals surface area contributed by atoms with E-state index in [0.29, 0.717) is 50.5 Å². The highest BCUT2D eigenvalue weighted by Gasteiger charge is 2.26. The average Bonchev–Trinajstić information content (AvgIpc) is 2.78. The Morgan fingerprint density at radius 3 is 2.42 bits per heavy atom. The van der Waals surface area contributed by atoms with Gasteiger partial charge in [-0.1, -0.05) is 24.3 Å². The van der Waals surface area contributed by atoms with Gasteiger partial charge in [0, 0.05) is 25.6 Å². The molecule has 166 valence electrons. The summed E-state index contributed by atoms with van der Waals surface area (Å²) in [6.45, 7) is 4.15. The van der Waals surface area contributed by atoms with Crippen LogP contribution in [0.15, 0.2) is 53.0 Å². The number of halogens is 1. The summed E-state index contributed by atoms with van der Waals surface area (Å²) in [6, 6.07) is 15.1. The minimum Gasteiger partial charge on any atom is -0.493 e. The fourth-order valence-electron chi connectivity index (χ4n) is 3.60. The third-order valence-electron chi connectivity index (χ3n) is 5.21. The van der Waals surface area contributed by atoms with Crippen molar-refractivity contribution < 1.29 is 19.1 Å². The summed E-state index contributed by atoms with van der Waals surface area (Å²) in [6.07, 6.45) is 2.58. The number of nitrogens with one attached hydrogen (secondary N) is 1. The van der Waals surface area contributed by atoms with Gasteiger partial charge in [0.15, 0.2) is 0 Å². The van der Waals surface area contributed by atoms with E-state index in [1.165, 1.54) is 0 Å². The molecule has 31 heavy (non-hydrogen) atoms. The van der Waals surface area contributed by atoms with Crippen LogP contribution in [0.5, 0.6) is 11.5 Å². The highest BCUT2D eigenvalue weighted by atomic mass is 79.9. The van der Waals surface area contributed by atoms with Crippen molar-refractivity contribution in [3.8, 4) is 11.5 Å². The lowest BCUT2D eigenvalue weighted by Gasteiger charge is -2.32. The Morgan fingerprint density at radius 1 is 1.03 bits per heavy atom. The van der Waals surface area contributed by atoms with E-state index in [9.17, 15) is 9.59 Å². The van der Waals surface area contributed by atoms with Crippen molar-refractivity contribution in [1.82, 2.24) is 10.2 Å². The van der Waals surface area contributed by atoms with Crippen molar-refractivity contribution in [3.63, 3.8) is 0 Å². The highest BCUT2D eigenvalue weighted by Crippen LogP contribution is 2.24. The van der Waals surface area contributed by atoms with E-state index in [1.807, 2.05) is 54.3 Å². The second-order valence-electron chi connectivity index (χ2n) is 7.45. The molecule has 7 heteroatoms. The number of amides is 2. The lowest BCUT2D eigenvalue weighted by molar-refractivity contribution is -0.122. The van der Waals surface area contributed by atoms with Gasteiger partial charge < -0.3 is 19.7 Å². The summed E-state index contributed by atoms with van der Waals surface area (Å²) in [7, 11) is 0. The predicted molar refractivity (Wildman–Crippen MR) is 124 cm³/mol. The van der Waals surface area contributed by atoms with Gasteiger partial charge in [-0.2, -0.15) is 0 Å². The molecule has 6 nitrogen and oxygen atoms in total. The van der Waals surface area contributed by atoms with E-state index in [0.717, 1.165) is 23.1 Å². The average molecular weight is 489 g/mol. The van der Waals surface area contributed by atoms with Crippen molar-refractivity contribution in [3.05, 3.63) is 58.6 Å². The predicted octanol–water partition coefficient (Wildman–Crippen LogP) is 4.43. The number of hydrogen-bond acceptors (Lipinski definition) is 4. The molecule has 1 aliphatic heterocycles. The first-order chi connectivity index (χ1) is 15.1. The molecule has 0 aromatic heterocycles. The lowest BCUT2D eigenvalue weighted by atomic mass is 10.0. The second kappa shape index (κ2) is 11.7. The molecule has 0 unspecified atom stereocenters. The van der Waals surface area contributed by atoms with Gasteiger partial charge in [-0.15, -0.1) is 0 Å². The monoisotopic (exact) mass is 488 g/mol. The third-order valence-corrected chi connectivity index (χ3v) is 5.86. The molecular formula is C24H29BrN2O4. The van der Waals surface area contributed by atoms with E-state index < -0.39 is 0 Å². The Hall–Kier alpha value is -2.54. The van der Waals surface area contributed by atoms with Crippen LogP contribution in [-0.2, 0) is 4.79 Å². The maximum atomic E-state index is 12.9. The lowest BCUT2D eigenvalue weighted by Crippen LogP contribution is -2.46. The zero-order chi connectivity index (χ0) is 22.1. The Kier molecular flexibility index (Phi) is 8.76. The molecule has 0 aliphatic carbocycles. The van der Waals surface area contributed by atoms with Crippen molar-refractivity contribution in [2.45, 2.75) is 38.6 Å². The van der Waals surface area contributed by atoms with Crippen LogP contribution in [0.4, 0.5) is 0 Å². The molecule has 1 fully saturated rings. The minimum absolute atomic E-state index is 0.0157. The van der Waals surface area contributed by atoms with E-state index in [4.69, 9.17) is 9.47 Å². The molecule has 2 amide bonds. The van der Waals surface area contributed by atoms with Crippen molar-refractivity contribution >= 4 is 27.7 Å². The van der Waals surface area contributed by atoms with Crippen LogP contribution in [0.2, 0.25) is 0 Å². The van der Waals surface area contributed by atoms with Gasteiger partial charge in [-0.3, -0.25) is 9.59 Å². The summed E-state index contributed by atoms with van der Waals surface area (Å²) in [5, 5.41) is 3.09. The van der Waals surface area contributed by atoms with Crippen molar-refractivity contribution in [2.75, 3.05) is 26.3 Å².